The lowest BCUT2D eigenvalue weighted by Crippen LogP contribution is -2.23. The van der Waals surface area contributed by atoms with Gasteiger partial charge in [0.2, 0.25) is 0 Å². The third-order valence-electron chi connectivity index (χ3n) is 3.78. The Labute approximate surface area is 132 Å². The molecule has 0 radical (unpaired) electrons. The number of fused-ring (bicyclic) bond motifs is 2. The summed E-state index contributed by atoms with van der Waals surface area (Å²) in [5, 5.41) is 6.59. The summed E-state index contributed by atoms with van der Waals surface area (Å²) in [6.45, 7) is 0.801. The molecule has 0 N–H and O–H groups in total. The van der Waals surface area contributed by atoms with Crippen molar-refractivity contribution in [1.29, 1.82) is 0 Å². The van der Waals surface area contributed by atoms with Crippen molar-refractivity contribution in [3.05, 3.63) is 77.3 Å². The molecule has 2 aromatic carbocycles. The van der Waals surface area contributed by atoms with Gasteiger partial charge in [0.25, 0.3) is 0 Å². The van der Waals surface area contributed by atoms with Gasteiger partial charge in [0, 0.05) is 6.20 Å². The summed E-state index contributed by atoms with van der Waals surface area (Å²) in [6.07, 6.45) is 1.71. The average Bonchev–Trinajstić information content (AvgIpc) is 2.91. The van der Waals surface area contributed by atoms with E-state index in [2.05, 4.69) is 17.2 Å². The molecule has 0 bridgehead atoms. The Bertz CT molecular complexity index is 1030. The fourth-order valence-electron chi connectivity index (χ4n) is 2.62. The van der Waals surface area contributed by atoms with E-state index in [0.717, 1.165) is 11.1 Å². The first-order chi connectivity index (χ1) is 11.3. The lowest BCUT2D eigenvalue weighted by molar-refractivity contribution is 0.289. The second-order valence-corrected chi connectivity index (χ2v) is 5.29. The van der Waals surface area contributed by atoms with Crippen molar-refractivity contribution in [1.82, 2.24) is 14.2 Å². The number of hydrogen-bond acceptors (Lipinski definition) is 3. The number of ether oxygens (including phenoxy) is 1. The summed E-state index contributed by atoms with van der Waals surface area (Å²) in [4.78, 5) is 12.2. The molecule has 0 amide bonds. The maximum Gasteiger partial charge on any atom is 0.350 e. The van der Waals surface area contributed by atoms with Gasteiger partial charge in [-0.15, -0.1) is 5.10 Å². The van der Waals surface area contributed by atoms with Crippen LogP contribution in [0.4, 0.5) is 0 Å². The summed E-state index contributed by atoms with van der Waals surface area (Å²) in [5.74, 6) is 0.792. The molecule has 0 saturated heterocycles. The van der Waals surface area contributed by atoms with Crippen LogP contribution in [0.1, 0.15) is 0 Å². The van der Waals surface area contributed by atoms with Crippen LogP contribution in [0.3, 0.4) is 0 Å². The van der Waals surface area contributed by atoms with Gasteiger partial charge < -0.3 is 4.74 Å². The molecule has 0 atom stereocenters. The van der Waals surface area contributed by atoms with Crippen molar-refractivity contribution >= 4 is 16.4 Å². The van der Waals surface area contributed by atoms with Gasteiger partial charge in [0.15, 0.2) is 5.65 Å². The first-order valence-corrected chi connectivity index (χ1v) is 7.47. The van der Waals surface area contributed by atoms with E-state index >= 15 is 0 Å². The molecule has 0 aliphatic carbocycles. The maximum absolute atomic E-state index is 12.2. The molecular weight excluding hydrogens is 290 g/mol. The molecule has 0 fully saturated rings. The highest BCUT2D eigenvalue weighted by atomic mass is 16.5. The van der Waals surface area contributed by atoms with Gasteiger partial charge >= 0.3 is 5.69 Å². The summed E-state index contributed by atoms with van der Waals surface area (Å²) in [6, 6.07) is 19.6. The van der Waals surface area contributed by atoms with Crippen LogP contribution in [-0.4, -0.2) is 20.8 Å². The highest BCUT2D eigenvalue weighted by molar-refractivity contribution is 5.83. The zero-order valence-corrected chi connectivity index (χ0v) is 12.4. The van der Waals surface area contributed by atoms with Crippen LogP contribution in [0.2, 0.25) is 0 Å². The SMILES string of the molecule is O=c1n(CCOc2ccc3ccccc3c2)nc2ccccn12. The summed E-state index contributed by atoms with van der Waals surface area (Å²) in [7, 11) is 0. The van der Waals surface area contributed by atoms with E-state index in [0.29, 0.717) is 18.8 Å². The Morgan fingerprint density at radius 1 is 0.957 bits per heavy atom. The minimum atomic E-state index is -0.150. The number of rotatable bonds is 4. The number of hydrogen-bond donors (Lipinski definition) is 0. The molecule has 0 saturated carbocycles. The normalized spacial score (nSPS) is 11.1. The summed E-state index contributed by atoms with van der Waals surface area (Å²) in [5.41, 5.74) is 0.492. The van der Waals surface area contributed by atoms with Crippen LogP contribution in [-0.2, 0) is 6.54 Å². The third kappa shape index (κ3) is 2.57. The fourth-order valence-corrected chi connectivity index (χ4v) is 2.62. The molecule has 0 aliphatic rings. The molecule has 0 aliphatic heterocycles. The van der Waals surface area contributed by atoms with Crippen LogP contribution >= 0.6 is 0 Å². The Morgan fingerprint density at radius 3 is 2.65 bits per heavy atom. The highest BCUT2D eigenvalue weighted by Crippen LogP contribution is 2.20. The molecule has 2 heterocycles. The van der Waals surface area contributed by atoms with Crippen LogP contribution < -0.4 is 10.4 Å². The minimum absolute atomic E-state index is 0.150. The van der Waals surface area contributed by atoms with Gasteiger partial charge in [-0.1, -0.05) is 36.4 Å². The third-order valence-corrected chi connectivity index (χ3v) is 3.78. The van der Waals surface area contributed by atoms with Crippen LogP contribution in [0, 0.1) is 0 Å². The van der Waals surface area contributed by atoms with E-state index in [4.69, 9.17) is 4.74 Å². The quantitative estimate of drug-likeness (QED) is 0.582. The van der Waals surface area contributed by atoms with E-state index < -0.39 is 0 Å². The second kappa shape index (κ2) is 5.61. The molecule has 5 nitrogen and oxygen atoms in total. The monoisotopic (exact) mass is 305 g/mol. The lowest BCUT2D eigenvalue weighted by atomic mass is 10.1. The van der Waals surface area contributed by atoms with E-state index in [1.54, 1.807) is 6.20 Å². The highest BCUT2D eigenvalue weighted by Gasteiger charge is 2.05. The van der Waals surface area contributed by atoms with Gasteiger partial charge in [-0.3, -0.25) is 4.40 Å². The molecule has 5 heteroatoms. The van der Waals surface area contributed by atoms with Gasteiger partial charge in [0.1, 0.15) is 12.4 Å². The van der Waals surface area contributed by atoms with Gasteiger partial charge in [-0.2, -0.15) is 0 Å². The lowest BCUT2D eigenvalue weighted by Gasteiger charge is -2.06. The smallest absolute Gasteiger partial charge is 0.350 e. The molecule has 23 heavy (non-hydrogen) atoms. The van der Waals surface area contributed by atoms with Crippen LogP contribution in [0.25, 0.3) is 16.4 Å². The van der Waals surface area contributed by atoms with Crippen molar-refractivity contribution in [3.63, 3.8) is 0 Å². The Hall–Kier alpha value is -3.08. The van der Waals surface area contributed by atoms with E-state index in [-0.39, 0.29) is 5.69 Å². The molecular formula is C18H15N3O2. The number of benzene rings is 2. The predicted molar refractivity (Wildman–Crippen MR) is 88.9 cm³/mol. The predicted octanol–water partition coefficient (Wildman–Crippen LogP) is 2.73. The maximum atomic E-state index is 12.2. The fraction of sp³-hybridized carbons (Fsp3) is 0.111. The Morgan fingerprint density at radius 2 is 1.78 bits per heavy atom. The first-order valence-electron chi connectivity index (χ1n) is 7.47. The van der Waals surface area contributed by atoms with Crippen molar-refractivity contribution in [2.75, 3.05) is 6.61 Å². The Balaban J connectivity index is 1.49. The molecule has 4 rings (SSSR count). The molecule has 4 aromatic rings. The summed E-state index contributed by atoms with van der Waals surface area (Å²) >= 11 is 0. The average molecular weight is 305 g/mol. The largest absolute Gasteiger partial charge is 0.492 e. The molecule has 2 aromatic heterocycles. The number of pyridine rings is 1. The molecule has 0 spiro atoms. The second-order valence-electron chi connectivity index (χ2n) is 5.29. The number of aromatic nitrogens is 3. The Kier molecular flexibility index (Phi) is 3.31. The van der Waals surface area contributed by atoms with Crippen LogP contribution in [0.15, 0.2) is 71.7 Å². The zero-order chi connectivity index (χ0) is 15.6. The standard InChI is InChI=1S/C18H15N3O2/c22-18-20-10-4-3-7-17(20)19-21(18)11-12-23-16-9-8-14-5-1-2-6-15(14)13-16/h1-10,13H,11-12H2. The van der Waals surface area contributed by atoms with E-state index in [1.807, 2.05) is 48.5 Å². The van der Waals surface area contributed by atoms with Crippen molar-refractivity contribution in [2.24, 2.45) is 0 Å². The van der Waals surface area contributed by atoms with Crippen molar-refractivity contribution in [3.8, 4) is 5.75 Å². The van der Waals surface area contributed by atoms with E-state index in [1.165, 1.54) is 14.5 Å². The first kappa shape index (κ1) is 13.6. The minimum Gasteiger partial charge on any atom is -0.492 e. The topological polar surface area (TPSA) is 48.5 Å². The number of nitrogens with zero attached hydrogens (tertiary/aromatic N) is 3. The van der Waals surface area contributed by atoms with Gasteiger partial charge in [0.05, 0.1) is 6.54 Å². The van der Waals surface area contributed by atoms with Crippen molar-refractivity contribution < 1.29 is 4.74 Å². The van der Waals surface area contributed by atoms with Gasteiger partial charge in [-0.25, -0.2) is 9.48 Å². The zero-order valence-electron chi connectivity index (χ0n) is 12.4. The van der Waals surface area contributed by atoms with Crippen LogP contribution in [0.5, 0.6) is 5.75 Å². The van der Waals surface area contributed by atoms with Gasteiger partial charge in [-0.05, 0) is 35.0 Å². The summed E-state index contributed by atoms with van der Waals surface area (Å²) < 4.78 is 8.71. The van der Waals surface area contributed by atoms with E-state index in [9.17, 15) is 4.79 Å². The van der Waals surface area contributed by atoms with Crippen molar-refractivity contribution in [2.45, 2.75) is 6.54 Å². The molecule has 114 valence electrons. The molecule has 0 unspecified atom stereocenters.